The van der Waals surface area contributed by atoms with Crippen LogP contribution in [0.4, 0.5) is 5.82 Å². The summed E-state index contributed by atoms with van der Waals surface area (Å²) in [5, 5.41) is 7.69. The first-order chi connectivity index (χ1) is 9.06. The number of nitrogens with one attached hydrogen (secondary N) is 1. The Balaban J connectivity index is 2.00. The van der Waals surface area contributed by atoms with Crippen molar-refractivity contribution in [2.45, 2.75) is 6.42 Å². The minimum Gasteiger partial charge on any atom is -0.368 e. The van der Waals surface area contributed by atoms with Gasteiger partial charge in [0.05, 0.1) is 5.52 Å². The van der Waals surface area contributed by atoms with E-state index >= 15 is 0 Å². The highest BCUT2D eigenvalue weighted by atomic mass is 32.3. The molecule has 4 heteroatoms. The monoisotopic (exact) mass is 273 g/mol. The van der Waals surface area contributed by atoms with E-state index in [1.807, 2.05) is 24.3 Å². The highest BCUT2D eigenvalue weighted by Crippen LogP contribution is 2.32. The first-order valence-electron chi connectivity index (χ1n) is 6.18. The van der Waals surface area contributed by atoms with Crippen LogP contribution in [0.1, 0.15) is 6.42 Å². The second-order valence-corrected chi connectivity index (χ2v) is 8.91. The fraction of sp³-hybridized carbons (Fsp3) is 0.333. The number of aromatic nitrogens is 2. The van der Waals surface area contributed by atoms with Crippen molar-refractivity contribution in [3.63, 3.8) is 0 Å². The molecule has 0 bridgehead atoms. The van der Waals surface area contributed by atoms with Gasteiger partial charge in [0.2, 0.25) is 0 Å². The molecular weight excluding hydrogens is 254 g/mol. The van der Waals surface area contributed by atoms with Gasteiger partial charge >= 0.3 is 0 Å². The molecule has 0 aliphatic heterocycles. The Bertz CT molecular complexity index is 615. The summed E-state index contributed by atoms with van der Waals surface area (Å²) in [6.07, 6.45) is 9.03. The summed E-state index contributed by atoms with van der Waals surface area (Å²) in [7, 11) is -0.718. The van der Waals surface area contributed by atoms with Gasteiger partial charge in [0.1, 0.15) is 12.1 Å². The molecule has 1 heterocycles. The third kappa shape index (κ3) is 4.15. The molecule has 2 aromatic rings. The summed E-state index contributed by atoms with van der Waals surface area (Å²) >= 11 is 0. The standard InChI is InChI=1S/C15H19N3S/c1-19(2,3)11-7-6-10-16-15-13-8-4-5-9-14(13)17-12-18-15/h4-5,8-9,12H,6,10H2,1-3H3,(H,16,17,18). The van der Waals surface area contributed by atoms with Crippen LogP contribution in [0.5, 0.6) is 0 Å². The Labute approximate surface area is 116 Å². The van der Waals surface area contributed by atoms with Crippen LogP contribution in [0, 0.1) is 11.2 Å². The molecule has 19 heavy (non-hydrogen) atoms. The molecule has 0 spiro atoms. The van der Waals surface area contributed by atoms with Crippen molar-refractivity contribution in [1.82, 2.24) is 9.97 Å². The van der Waals surface area contributed by atoms with Crippen molar-refractivity contribution in [3.05, 3.63) is 30.6 Å². The van der Waals surface area contributed by atoms with Gasteiger partial charge in [-0.3, -0.25) is 0 Å². The third-order valence-corrected chi connectivity index (χ3v) is 3.22. The van der Waals surface area contributed by atoms with Crippen LogP contribution >= 0.6 is 10.0 Å². The predicted octanol–water partition coefficient (Wildman–Crippen LogP) is 3.09. The first kappa shape index (κ1) is 13.7. The molecule has 0 saturated heterocycles. The van der Waals surface area contributed by atoms with E-state index in [-0.39, 0.29) is 0 Å². The highest BCUT2D eigenvalue weighted by molar-refractivity contribution is 8.35. The molecule has 0 radical (unpaired) electrons. The summed E-state index contributed by atoms with van der Waals surface area (Å²) in [5.74, 6) is 4.11. The van der Waals surface area contributed by atoms with Gasteiger partial charge in [-0.25, -0.2) is 9.97 Å². The lowest BCUT2D eigenvalue weighted by Gasteiger charge is -2.14. The number of rotatable bonds is 3. The van der Waals surface area contributed by atoms with Gasteiger partial charge in [-0.15, -0.1) is 0 Å². The van der Waals surface area contributed by atoms with Gasteiger partial charge < -0.3 is 5.32 Å². The highest BCUT2D eigenvalue weighted by Gasteiger charge is 2.01. The van der Waals surface area contributed by atoms with E-state index in [1.54, 1.807) is 6.33 Å². The normalized spacial score (nSPS) is 11.7. The lowest BCUT2D eigenvalue weighted by atomic mass is 10.2. The number of para-hydroxylation sites is 1. The van der Waals surface area contributed by atoms with E-state index in [0.717, 1.165) is 29.7 Å². The summed E-state index contributed by atoms with van der Waals surface area (Å²) in [4.78, 5) is 8.53. The van der Waals surface area contributed by atoms with Crippen molar-refractivity contribution >= 4 is 26.7 Å². The van der Waals surface area contributed by atoms with Crippen LogP contribution in [0.3, 0.4) is 0 Å². The molecule has 0 fully saturated rings. The fourth-order valence-corrected chi connectivity index (χ4v) is 2.19. The second kappa shape index (κ2) is 5.94. The Hall–Kier alpha value is -1.73. The molecule has 1 aromatic carbocycles. The van der Waals surface area contributed by atoms with Crippen LogP contribution in [0.2, 0.25) is 0 Å². The Morgan fingerprint density at radius 2 is 1.95 bits per heavy atom. The minimum atomic E-state index is -0.718. The third-order valence-electron chi connectivity index (χ3n) is 2.46. The van der Waals surface area contributed by atoms with Gasteiger partial charge in [0, 0.05) is 18.4 Å². The average molecular weight is 273 g/mol. The maximum Gasteiger partial charge on any atom is 0.137 e. The Kier molecular flexibility index (Phi) is 4.28. The number of nitrogens with zero attached hydrogens (tertiary/aromatic N) is 2. The number of benzene rings is 1. The number of hydrogen-bond acceptors (Lipinski definition) is 3. The molecule has 1 aromatic heterocycles. The molecule has 0 aliphatic rings. The fourth-order valence-electron chi connectivity index (χ4n) is 1.66. The van der Waals surface area contributed by atoms with E-state index in [9.17, 15) is 0 Å². The van der Waals surface area contributed by atoms with E-state index in [4.69, 9.17) is 0 Å². The van der Waals surface area contributed by atoms with Crippen molar-refractivity contribution in [2.24, 2.45) is 0 Å². The quantitative estimate of drug-likeness (QED) is 0.690. The zero-order valence-electron chi connectivity index (χ0n) is 11.6. The van der Waals surface area contributed by atoms with Gasteiger partial charge in [0.25, 0.3) is 0 Å². The predicted molar refractivity (Wildman–Crippen MR) is 85.8 cm³/mol. The molecule has 0 unspecified atom stereocenters. The topological polar surface area (TPSA) is 37.8 Å². The van der Waals surface area contributed by atoms with E-state index < -0.39 is 10.0 Å². The molecule has 2 rings (SSSR count). The van der Waals surface area contributed by atoms with Crippen molar-refractivity contribution in [2.75, 3.05) is 30.6 Å². The van der Waals surface area contributed by atoms with Crippen LogP contribution < -0.4 is 5.32 Å². The molecule has 3 nitrogen and oxygen atoms in total. The molecule has 0 saturated carbocycles. The Morgan fingerprint density at radius 3 is 2.74 bits per heavy atom. The van der Waals surface area contributed by atoms with Gasteiger partial charge in [0.15, 0.2) is 0 Å². The smallest absolute Gasteiger partial charge is 0.137 e. The van der Waals surface area contributed by atoms with Crippen molar-refractivity contribution in [3.8, 4) is 11.2 Å². The van der Waals surface area contributed by atoms with Crippen molar-refractivity contribution in [1.29, 1.82) is 0 Å². The maximum absolute atomic E-state index is 4.29. The van der Waals surface area contributed by atoms with Crippen LogP contribution in [-0.4, -0.2) is 35.3 Å². The number of fused-ring (bicyclic) bond motifs is 1. The van der Waals surface area contributed by atoms with Crippen LogP contribution in [0.15, 0.2) is 30.6 Å². The number of hydrogen-bond donors (Lipinski definition) is 1. The summed E-state index contributed by atoms with van der Waals surface area (Å²) in [6.45, 7) is 0.809. The summed E-state index contributed by atoms with van der Waals surface area (Å²) < 4.78 is 0. The van der Waals surface area contributed by atoms with Gasteiger partial charge in [-0.05, 0) is 30.9 Å². The first-order valence-corrected chi connectivity index (χ1v) is 9.03. The minimum absolute atomic E-state index is 0.718. The van der Waals surface area contributed by atoms with Crippen LogP contribution in [0.25, 0.3) is 10.9 Å². The lowest BCUT2D eigenvalue weighted by molar-refractivity contribution is 1.07. The number of anilines is 1. The molecule has 0 aliphatic carbocycles. The largest absolute Gasteiger partial charge is 0.368 e. The average Bonchev–Trinajstić information content (AvgIpc) is 2.37. The summed E-state index contributed by atoms with van der Waals surface area (Å²) in [6, 6.07) is 8.00. The summed E-state index contributed by atoms with van der Waals surface area (Å²) in [5.41, 5.74) is 0.963. The van der Waals surface area contributed by atoms with Crippen molar-refractivity contribution < 1.29 is 0 Å². The van der Waals surface area contributed by atoms with Crippen LogP contribution in [-0.2, 0) is 0 Å². The van der Waals surface area contributed by atoms with E-state index in [1.165, 1.54) is 0 Å². The van der Waals surface area contributed by atoms with E-state index in [0.29, 0.717) is 0 Å². The maximum atomic E-state index is 4.29. The zero-order chi connectivity index (χ0) is 13.7. The second-order valence-electron chi connectivity index (χ2n) is 5.03. The molecule has 1 N–H and O–H groups in total. The lowest BCUT2D eigenvalue weighted by Crippen LogP contribution is -2.03. The zero-order valence-corrected chi connectivity index (χ0v) is 12.4. The molecule has 100 valence electrons. The molecule has 0 amide bonds. The SMILES string of the molecule is CS(C)(C)C#CCCNc1ncnc2ccccc12. The van der Waals surface area contributed by atoms with Gasteiger partial charge in [-0.2, -0.15) is 10.0 Å². The van der Waals surface area contributed by atoms with Gasteiger partial charge in [-0.1, -0.05) is 23.3 Å². The van der Waals surface area contributed by atoms with E-state index in [2.05, 4.69) is 45.2 Å². The Morgan fingerprint density at radius 1 is 1.16 bits per heavy atom. The molecule has 0 atom stereocenters. The molecular formula is C15H19N3S.